The zero-order chi connectivity index (χ0) is 18.4. The van der Waals surface area contributed by atoms with Crippen LogP contribution < -0.4 is 10.6 Å². The van der Waals surface area contributed by atoms with Crippen LogP contribution in [0.1, 0.15) is 40.3 Å². The number of aliphatic carboxylic acids is 1. The van der Waals surface area contributed by atoms with Gasteiger partial charge in [-0.25, -0.2) is 4.79 Å². The maximum Gasteiger partial charge on any atom is 0.326 e. The molecule has 1 heterocycles. The molecule has 0 bridgehead atoms. The van der Waals surface area contributed by atoms with Gasteiger partial charge in [-0.15, -0.1) is 11.3 Å². The molecule has 2 amide bonds. The van der Waals surface area contributed by atoms with E-state index in [1.807, 2.05) is 6.92 Å². The number of amides is 2. The minimum Gasteiger partial charge on any atom is -0.480 e. The summed E-state index contributed by atoms with van der Waals surface area (Å²) in [6.07, 6.45) is 0.633. The van der Waals surface area contributed by atoms with Gasteiger partial charge in [-0.05, 0) is 35.6 Å². The number of thiophene rings is 1. The highest BCUT2D eigenvalue weighted by Crippen LogP contribution is 2.16. The molecule has 2 unspecified atom stereocenters. The predicted molar refractivity (Wildman–Crippen MR) is 97.1 cm³/mol. The molecule has 0 spiro atoms. The number of carboxylic acids is 1. The van der Waals surface area contributed by atoms with Crippen LogP contribution in [-0.4, -0.2) is 28.9 Å². The molecule has 0 radical (unpaired) electrons. The molecule has 6 nitrogen and oxygen atoms in total. The lowest BCUT2D eigenvalue weighted by molar-refractivity contribution is -0.140. The van der Waals surface area contributed by atoms with E-state index in [4.69, 9.17) is 0 Å². The van der Waals surface area contributed by atoms with E-state index in [0.29, 0.717) is 22.5 Å². The van der Waals surface area contributed by atoms with E-state index in [2.05, 4.69) is 10.6 Å². The molecule has 1 aromatic carbocycles. The highest BCUT2D eigenvalue weighted by Gasteiger charge is 2.25. The van der Waals surface area contributed by atoms with Crippen molar-refractivity contribution in [1.82, 2.24) is 5.32 Å². The van der Waals surface area contributed by atoms with Crippen LogP contribution in [0.3, 0.4) is 0 Å². The molecule has 132 valence electrons. The summed E-state index contributed by atoms with van der Waals surface area (Å²) in [5.74, 6) is -2.00. The number of benzene rings is 1. The Morgan fingerprint density at radius 2 is 1.92 bits per heavy atom. The van der Waals surface area contributed by atoms with Crippen LogP contribution in [0.25, 0.3) is 0 Å². The highest BCUT2D eigenvalue weighted by molar-refractivity contribution is 7.12. The SMILES string of the molecule is CCC(C)C(NC(=O)c1cccc(NC(=O)c2cccs2)c1)C(=O)O. The van der Waals surface area contributed by atoms with Crippen LogP contribution in [0.5, 0.6) is 0 Å². The number of nitrogens with one attached hydrogen (secondary N) is 2. The average molecular weight is 360 g/mol. The van der Waals surface area contributed by atoms with E-state index in [1.54, 1.807) is 42.6 Å². The fourth-order valence-electron chi connectivity index (χ4n) is 2.25. The van der Waals surface area contributed by atoms with Gasteiger partial charge in [0.25, 0.3) is 11.8 Å². The van der Waals surface area contributed by atoms with E-state index < -0.39 is 17.9 Å². The van der Waals surface area contributed by atoms with Gasteiger partial charge < -0.3 is 15.7 Å². The van der Waals surface area contributed by atoms with Gasteiger partial charge in [-0.1, -0.05) is 32.4 Å². The molecule has 0 fully saturated rings. The maximum atomic E-state index is 12.4. The Morgan fingerprint density at radius 3 is 2.52 bits per heavy atom. The molecule has 0 saturated carbocycles. The van der Waals surface area contributed by atoms with Crippen LogP contribution in [0.4, 0.5) is 5.69 Å². The minimum atomic E-state index is -1.06. The zero-order valence-corrected chi connectivity index (χ0v) is 14.8. The third-order valence-corrected chi connectivity index (χ3v) is 4.76. The van der Waals surface area contributed by atoms with Crippen molar-refractivity contribution in [2.45, 2.75) is 26.3 Å². The van der Waals surface area contributed by atoms with Gasteiger partial charge in [-0.3, -0.25) is 9.59 Å². The summed E-state index contributed by atoms with van der Waals surface area (Å²) in [6, 6.07) is 8.94. The van der Waals surface area contributed by atoms with Crippen LogP contribution in [-0.2, 0) is 4.79 Å². The first-order valence-corrected chi connectivity index (χ1v) is 8.79. The highest BCUT2D eigenvalue weighted by atomic mass is 32.1. The van der Waals surface area contributed by atoms with Crippen molar-refractivity contribution in [2.24, 2.45) is 5.92 Å². The van der Waals surface area contributed by atoms with Crippen molar-refractivity contribution in [2.75, 3.05) is 5.32 Å². The Morgan fingerprint density at radius 1 is 1.16 bits per heavy atom. The smallest absolute Gasteiger partial charge is 0.326 e. The normalized spacial score (nSPS) is 12.9. The summed E-state index contributed by atoms with van der Waals surface area (Å²) in [7, 11) is 0. The van der Waals surface area contributed by atoms with Gasteiger partial charge in [0.1, 0.15) is 6.04 Å². The summed E-state index contributed by atoms with van der Waals surface area (Å²) in [6.45, 7) is 3.64. The Hall–Kier alpha value is -2.67. The van der Waals surface area contributed by atoms with Gasteiger partial charge in [0, 0.05) is 11.3 Å². The zero-order valence-electron chi connectivity index (χ0n) is 14.0. The Labute approximate surface area is 149 Å². The van der Waals surface area contributed by atoms with Crippen LogP contribution in [0.2, 0.25) is 0 Å². The first-order chi connectivity index (χ1) is 11.9. The second-order valence-corrected chi connectivity index (χ2v) is 6.63. The van der Waals surface area contributed by atoms with Gasteiger partial charge >= 0.3 is 5.97 Å². The summed E-state index contributed by atoms with van der Waals surface area (Å²) in [5.41, 5.74) is 0.764. The number of rotatable bonds is 7. The molecule has 0 saturated heterocycles. The predicted octanol–water partition coefficient (Wildman–Crippen LogP) is 3.23. The Bertz CT molecular complexity index is 758. The lowest BCUT2D eigenvalue weighted by atomic mass is 9.99. The molecule has 2 atom stereocenters. The van der Waals surface area contributed by atoms with Crippen LogP contribution in [0, 0.1) is 5.92 Å². The van der Waals surface area contributed by atoms with Crippen LogP contribution in [0.15, 0.2) is 41.8 Å². The standard InChI is InChI=1S/C18H20N2O4S/c1-3-11(2)15(18(23)24)20-16(21)12-6-4-7-13(10-12)19-17(22)14-8-5-9-25-14/h4-11,15H,3H2,1-2H3,(H,19,22)(H,20,21)(H,23,24). The van der Waals surface area contributed by atoms with E-state index in [9.17, 15) is 19.5 Å². The van der Waals surface area contributed by atoms with Gasteiger partial charge in [-0.2, -0.15) is 0 Å². The third-order valence-electron chi connectivity index (χ3n) is 3.89. The summed E-state index contributed by atoms with van der Waals surface area (Å²) in [5, 5.41) is 16.4. The molecule has 0 aliphatic rings. The monoisotopic (exact) mass is 360 g/mol. The van der Waals surface area contributed by atoms with E-state index >= 15 is 0 Å². The molecule has 7 heteroatoms. The third kappa shape index (κ3) is 4.90. The van der Waals surface area contributed by atoms with Crippen LogP contribution >= 0.6 is 11.3 Å². The first kappa shape index (κ1) is 18.7. The topological polar surface area (TPSA) is 95.5 Å². The Balaban J connectivity index is 2.10. The second-order valence-electron chi connectivity index (χ2n) is 5.69. The number of carboxylic acid groups (broad SMARTS) is 1. The average Bonchev–Trinajstić information content (AvgIpc) is 3.13. The Kier molecular flexibility index (Phi) is 6.30. The minimum absolute atomic E-state index is 0.192. The van der Waals surface area contributed by atoms with Crippen molar-refractivity contribution in [1.29, 1.82) is 0 Å². The number of hydrogen-bond donors (Lipinski definition) is 3. The molecule has 0 aliphatic heterocycles. The fourth-order valence-corrected chi connectivity index (χ4v) is 2.87. The lowest BCUT2D eigenvalue weighted by Gasteiger charge is -2.20. The maximum absolute atomic E-state index is 12.4. The van der Waals surface area contributed by atoms with E-state index in [-0.39, 0.29) is 11.8 Å². The quantitative estimate of drug-likeness (QED) is 0.706. The van der Waals surface area contributed by atoms with Gasteiger partial charge in [0.15, 0.2) is 0 Å². The van der Waals surface area contributed by atoms with Gasteiger partial charge in [0.05, 0.1) is 4.88 Å². The molecule has 25 heavy (non-hydrogen) atoms. The van der Waals surface area contributed by atoms with Crippen molar-refractivity contribution in [3.8, 4) is 0 Å². The number of carbonyl (C=O) groups is 3. The first-order valence-electron chi connectivity index (χ1n) is 7.91. The van der Waals surface area contributed by atoms with Crippen molar-refractivity contribution < 1.29 is 19.5 Å². The number of carbonyl (C=O) groups excluding carboxylic acids is 2. The van der Waals surface area contributed by atoms with Crippen molar-refractivity contribution in [3.63, 3.8) is 0 Å². The molecule has 1 aromatic heterocycles. The number of hydrogen-bond acceptors (Lipinski definition) is 4. The fraction of sp³-hybridized carbons (Fsp3) is 0.278. The molecule has 2 rings (SSSR count). The molecular formula is C18H20N2O4S. The second kappa shape index (κ2) is 8.43. The number of anilines is 1. The molecule has 3 N–H and O–H groups in total. The molecule has 0 aliphatic carbocycles. The van der Waals surface area contributed by atoms with Crippen molar-refractivity contribution >= 4 is 34.8 Å². The molecular weight excluding hydrogens is 340 g/mol. The van der Waals surface area contributed by atoms with Crippen molar-refractivity contribution in [3.05, 3.63) is 52.2 Å². The summed E-state index contributed by atoms with van der Waals surface area (Å²) in [4.78, 5) is 36.3. The molecule has 2 aromatic rings. The van der Waals surface area contributed by atoms with Gasteiger partial charge in [0.2, 0.25) is 0 Å². The van der Waals surface area contributed by atoms with E-state index in [0.717, 1.165) is 0 Å². The summed E-state index contributed by atoms with van der Waals surface area (Å²) < 4.78 is 0. The largest absolute Gasteiger partial charge is 0.480 e. The lowest BCUT2D eigenvalue weighted by Crippen LogP contribution is -2.45. The summed E-state index contributed by atoms with van der Waals surface area (Å²) >= 11 is 1.32. The van der Waals surface area contributed by atoms with E-state index in [1.165, 1.54) is 17.4 Å².